The lowest BCUT2D eigenvalue weighted by atomic mass is 9.79. The van der Waals surface area contributed by atoms with Crippen LogP contribution in [0.1, 0.15) is 79.7 Å². The van der Waals surface area contributed by atoms with Gasteiger partial charge in [0.05, 0.1) is 31.0 Å². The molecule has 56 heavy (non-hydrogen) atoms. The minimum atomic E-state index is -1.51. The van der Waals surface area contributed by atoms with Gasteiger partial charge in [0, 0.05) is 41.2 Å². The average molecular weight is 766 g/mol. The van der Waals surface area contributed by atoms with Crippen molar-refractivity contribution in [1.29, 1.82) is 0 Å². The van der Waals surface area contributed by atoms with E-state index < -0.39 is 60.2 Å². The summed E-state index contributed by atoms with van der Waals surface area (Å²) in [5.74, 6) is -2.74. The number of nitrogens with zero attached hydrogens (tertiary/aromatic N) is 1. The predicted molar refractivity (Wildman–Crippen MR) is 206 cm³/mol. The number of hydrogen-bond acceptors (Lipinski definition) is 13. The fourth-order valence-corrected chi connectivity index (χ4v) is 6.70. The standard InChI is InChI=1S/C41H43N5O10/c1-20-33(48)37(52)38(53-16-15-46-41(44)45)40(54-20)56-30-19-28-32(35(50)27(30)18-23-9-6-10-24(17-23)39(42)43)34(49)26-13-14-29(55-21(2)47)25(31(26)36(28)51)12-11-22-7-4-3-5-8-22/h3-14,17,19-20,33,37-40,48,50,52H,15-16,18,42-43H2,1-2H3,(H4,44,45,46)/t20-,33-,37-,38-,40-/m1/s1. The maximum atomic E-state index is 14.7. The van der Waals surface area contributed by atoms with Crippen molar-refractivity contribution in [3.8, 4) is 17.2 Å². The van der Waals surface area contributed by atoms with Crippen molar-refractivity contribution in [2.75, 3.05) is 13.2 Å². The average Bonchev–Trinajstić information content (AvgIpc) is 3.16. The molecule has 11 N–H and O–H groups in total. The van der Waals surface area contributed by atoms with E-state index in [1.54, 1.807) is 36.4 Å². The summed E-state index contributed by atoms with van der Waals surface area (Å²) in [6, 6.07) is 20.2. The van der Waals surface area contributed by atoms with Crippen molar-refractivity contribution >= 4 is 35.6 Å². The number of phenolic OH excluding ortho intramolecular Hbond substituents is 1. The molecule has 292 valence electrons. The van der Waals surface area contributed by atoms with Gasteiger partial charge in [0.1, 0.15) is 35.6 Å². The second kappa shape index (κ2) is 16.8. The summed E-state index contributed by atoms with van der Waals surface area (Å²) >= 11 is 0. The van der Waals surface area contributed by atoms with Gasteiger partial charge < -0.3 is 57.2 Å². The Morgan fingerprint density at radius 1 is 0.911 bits per heavy atom. The Hall–Kier alpha value is -5.94. The summed E-state index contributed by atoms with van der Waals surface area (Å²) in [6.45, 7) is 2.65. The molecule has 2 aliphatic rings. The lowest BCUT2D eigenvalue weighted by Gasteiger charge is -2.41. The van der Waals surface area contributed by atoms with Crippen molar-refractivity contribution in [1.82, 2.24) is 0 Å². The number of nitrogens with two attached hydrogens (primary N) is 4. The van der Waals surface area contributed by atoms with E-state index in [4.69, 9.17) is 41.9 Å². The fourth-order valence-electron chi connectivity index (χ4n) is 6.70. The number of ketones is 2. The molecule has 1 heterocycles. The second-order valence-electron chi connectivity index (χ2n) is 13.4. The van der Waals surface area contributed by atoms with E-state index in [2.05, 4.69) is 4.99 Å². The smallest absolute Gasteiger partial charge is 0.308 e. The Balaban J connectivity index is 1.50. The summed E-state index contributed by atoms with van der Waals surface area (Å²) < 4.78 is 23.7. The van der Waals surface area contributed by atoms with Gasteiger partial charge in [-0.3, -0.25) is 19.4 Å². The van der Waals surface area contributed by atoms with E-state index in [1.807, 2.05) is 30.3 Å². The minimum absolute atomic E-state index is 0.0147. The molecule has 6 rings (SSSR count). The highest BCUT2D eigenvalue weighted by atomic mass is 16.7. The molecule has 5 atom stereocenters. The highest BCUT2D eigenvalue weighted by molar-refractivity contribution is 6.31. The molecule has 15 nitrogen and oxygen atoms in total. The molecule has 1 saturated heterocycles. The van der Waals surface area contributed by atoms with Gasteiger partial charge in [0.15, 0.2) is 17.5 Å². The van der Waals surface area contributed by atoms with Gasteiger partial charge in [-0.25, -0.2) is 0 Å². The summed E-state index contributed by atoms with van der Waals surface area (Å²) in [5.41, 5.74) is 24.5. The fraction of sp³-hybridized carbons (Fsp3) is 0.268. The maximum absolute atomic E-state index is 14.7. The van der Waals surface area contributed by atoms with Crippen LogP contribution < -0.4 is 32.4 Å². The zero-order chi connectivity index (χ0) is 40.3. The van der Waals surface area contributed by atoms with Crippen molar-refractivity contribution in [2.24, 2.45) is 27.9 Å². The number of hydrogen-bond donors (Lipinski definition) is 7. The monoisotopic (exact) mass is 765 g/mol. The first-order valence-electron chi connectivity index (χ1n) is 17.8. The zero-order valence-electron chi connectivity index (χ0n) is 30.6. The predicted octanol–water partition coefficient (Wildman–Crippen LogP) is 2.27. The quantitative estimate of drug-likeness (QED) is 0.0183. The van der Waals surface area contributed by atoms with Gasteiger partial charge in [0.25, 0.3) is 0 Å². The van der Waals surface area contributed by atoms with Gasteiger partial charge in [-0.15, -0.1) is 0 Å². The van der Waals surface area contributed by atoms with Gasteiger partial charge in [-0.2, -0.15) is 0 Å². The number of aliphatic hydroxyl groups excluding tert-OH is 2. The molecule has 1 fully saturated rings. The van der Waals surface area contributed by atoms with Crippen LogP contribution in [0.4, 0.5) is 0 Å². The summed E-state index contributed by atoms with van der Waals surface area (Å²) in [4.78, 5) is 45.1. The molecule has 0 aromatic heterocycles. The third kappa shape index (κ3) is 8.33. The number of fused-ring (bicyclic) bond motifs is 2. The number of phenols is 1. The number of guanidine groups is 1. The van der Waals surface area contributed by atoms with E-state index in [-0.39, 0.29) is 70.4 Å². The van der Waals surface area contributed by atoms with E-state index in [1.165, 1.54) is 32.0 Å². The SMILES string of the molecule is CC(=O)Oc1ccc2c(c1C=Cc1ccccc1)C(=O)c1cc(O[C@H]3O[C@H](C)[C@@H](O)[C@@H](O)[C@H]3OCCN=C(N)N)c(Cc3cccc(C(N)N)c3)c(O)c1C2=O. The first-order valence-corrected chi connectivity index (χ1v) is 17.8. The summed E-state index contributed by atoms with van der Waals surface area (Å²) in [5, 5.41) is 33.8. The van der Waals surface area contributed by atoms with E-state index >= 15 is 0 Å². The van der Waals surface area contributed by atoms with Crippen LogP contribution in [0.3, 0.4) is 0 Å². The Morgan fingerprint density at radius 3 is 2.34 bits per heavy atom. The summed E-state index contributed by atoms with van der Waals surface area (Å²) in [6.07, 6.45) is -4.09. The van der Waals surface area contributed by atoms with Crippen LogP contribution in [0.25, 0.3) is 12.2 Å². The normalized spacial score (nSPS) is 20.4. The van der Waals surface area contributed by atoms with Crippen molar-refractivity contribution in [3.63, 3.8) is 0 Å². The van der Waals surface area contributed by atoms with Gasteiger partial charge in [-0.05, 0) is 47.9 Å². The van der Waals surface area contributed by atoms with Crippen LogP contribution in [0.5, 0.6) is 17.2 Å². The third-order valence-corrected chi connectivity index (χ3v) is 9.45. The molecule has 0 unspecified atom stereocenters. The molecular formula is C41H43N5O10. The Bertz CT molecular complexity index is 2200. The lowest BCUT2D eigenvalue weighted by Crippen LogP contribution is -2.59. The topological polar surface area (TPSA) is 265 Å². The zero-order valence-corrected chi connectivity index (χ0v) is 30.6. The van der Waals surface area contributed by atoms with Gasteiger partial charge >= 0.3 is 5.97 Å². The molecule has 1 aliphatic heterocycles. The van der Waals surface area contributed by atoms with Crippen LogP contribution >= 0.6 is 0 Å². The van der Waals surface area contributed by atoms with E-state index in [0.717, 1.165) is 5.56 Å². The first kappa shape index (κ1) is 39.7. The van der Waals surface area contributed by atoms with Crippen LogP contribution in [-0.4, -0.2) is 82.7 Å². The highest BCUT2D eigenvalue weighted by Crippen LogP contribution is 2.44. The number of esters is 1. The first-order chi connectivity index (χ1) is 26.7. The number of benzene rings is 4. The molecule has 4 aromatic carbocycles. The summed E-state index contributed by atoms with van der Waals surface area (Å²) in [7, 11) is 0. The molecule has 1 aliphatic carbocycles. The van der Waals surface area contributed by atoms with Crippen LogP contribution in [0.2, 0.25) is 0 Å². The number of ether oxygens (including phenoxy) is 4. The van der Waals surface area contributed by atoms with Gasteiger partial charge in [0.2, 0.25) is 6.29 Å². The molecule has 15 heteroatoms. The van der Waals surface area contributed by atoms with Crippen LogP contribution in [0.15, 0.2) is 77.8 Å². The van der Waals surface area contributed by atoms with Crippen LogP contribution in [0, 0.1) is 0 Å². The molecular weight excluding hydrogens is 722 g/mol. The number of aliphatic imine (C=N–C) groups is 1. The van der Waals surface area contributed by atoms with E-state index in [0.29, 0.717) is 11.1 Å². The second-order valence-corrected chi connectivity index (χ2v) is 13.4. The Morgan fingerprint density at radius 2 is 1.64 bits per heavy atom. The van der Waals surface area contributed by atoms with Crippen molar-refractivity contribution in [3.05, 3.63) is 123 Å². The highest BCUT2D eigenvalue weighted by Gasteiger charge is 2.46. The molecule has 0 radical (unpaired) electrons. The molecule has 0 amide bonds. The minimum Gasteiger partial charge on any atom is -0.507 e. The maximum Gasteiger partial charge on any atom is 0.308 e. The van der Waals surface area contributed by atoms with Crippen molar-refractivity contribution in [2.45, 2.75) is 57.1 Å². The molecule has 0 bridgehead atoms. The Kier molecular flexibility index (Phi) is 11.9. The molecule has 4 aromatic rings. The number of carbonyl (C=O) groups excluding carboxylic acids is 3. The lowest BCUT2D eigenvalue weighted by molar-refractivity contribution is -0.278. The van der Waals surface area contributed by atoms with Crippen LogP contribution in [-0.2, 0) is 20.7 Å². The number of aromatic hydroxyl groups is 1. The van der Waals surface area contributed by atoms with Crippen molar-refractivity contribution < 1.29 is 48.7 Å². The number of aliphatic hydroxyl groups is 2. The van der Waals surface area contributed by atoms with E-state index in [9.17, 15) is 29.7 Å². The molecule has 0 spiro atoms. The Labute approximate surface area is 322 Å². The third-order valence-electron chi connectivity index (χ3n) is 9.45. The number of rotatable bonds is 12. The molecule has 0 saturated carbocycles. The van der Waals surface area contributed by atoms with Gasteiger partial charge in [-0.1, -0.05) is 60.7 Å². The number of carbonyl (C=O) groups is 3. The largest absolute Gasteiger partial charge is 0.507 e.